The van der Waals surface area contributed by atoms with Crippen LogP contribution in [-0.2, 0) is 6.42 Å². The molecule has 2 aromatic rings. The van der Waals surface area contributed by atoms with Crippen molar-refractivity contribution in [2.75, 3.05) is 14.2 Å². The van der Waals surface area contributed by atoms with Crippen molar-refractivity contribution in [1.82, 2.24) is 0 Å². The second kappa shape index (κ2) is 8.70. The highest BCUT2D eigenvalue weighted by Gasteiger charge is 2.38. The van der Waals surface area contributed by atoms with Gasteiger partial charge in [0.1, 0.15) is 11.5 Å². The largest absolute Gasteiger partial charge is 0.496 e. The van der Waals surface area contributed by atoms with Gasteiger partial charge in [0.05, 0.1) is 25.3 Å². The molecule has 0 radical (unpaired) electrons. The topological polar surface area (TPSA) is 52.6 Å². The van der Waals surface area contributed by atoms with Gasteiger partial charge in [0.2, 0.25) is 0 Å². The number of carbonyl (C=O) groups excluding carboxylic acids is 2. The van der Waals surface area contributed by atoms with Gasteiger partial charge < -0.3 is 9.47 Å². The maximum absolute atomic E-state index is 13.5. The molecule has 4 heteroatoms. The molecule has 0 bridgehead atoms. The second-order valence-electron chi connectivity index (χ2n) is 7.54. The first-order chi connectivity index (χ1) is 14.4. The van der Waals surface area contributed by atoms with Gasteiger partial charge in [0.25, 0.3) is 0 Å². The molecule has 156 valence electrons. The van der Waals surface area contributed by atoms with E-state index in [0.29, 0.717) is 29.0 Å². The zero-order valence-corrected chi connectivity index (χ0v) is 18.3. The second-order valence-corrected chi connectivity index (χ2v) is 7.54. The molecule has 30 heavy (non-hydrogen) atoms. The molecule has 3 rings (SSSR count). The molecule has 0 aliphatic heterocycles. The van der Waals surface area contributed by atoms with E-state index < -0.39 is 0 Å². The van der Waals surface area contributed by atoms with Crippen LogP contribution in [-0.4, -0.2) is 25.8 Å². The Balaban J connectivity index is 2.47. The van der Waals surface area contributed by atoms with Gasteiger partial charge in [-0.25, -0.2) is 0 Å². The minimum absolute atomic E-state index is 0.221. The highest BCUT2D eigenvalue weighted by Crippen LogP contribution is 2.45. The van der Waals surface area contributed by atoms with Crippen LogP contribution in [0.25, 0.3) is 6.08 Å². The lowest BCUT2D eigenvalue weighted by Gasteiger charge is -2.26. The molecule has 0 unspecified atom stereocenters. The average molecular weight is 405 g/mol. The van der Waals surface area contributed by atoms with E-state index in [1.165, 1.54) is 7.11 Å². The van der Waals surface area contributed by atoms with Crippen molar-refractivity contribution in [2.24, 2.45) is 0 Å². The van der Waals surface area contributed by atoms with Crippen molar-refractivity contribution in [3.8, 4) is 11.5 Å². The number of ether oxygens (including phenoxy) is 2. The molecule has 4 nitrogen and oxygen atoms in total. The Morgan fingerprint density at radius 1 is 0.933 bits per heavy atom. The average Bonchev–Trinajstić information content (AvgIpc) is 2.77. The van der Waals surface area contributed by atoms with Gasteiger partial charge in [0.15, 0.2) is 11.6 Å². The van der Waals surface area contributed by atoms with Crippen molar-refractivity contribution in [3.05, 3.63) is 75.4 Å². The summed E-state index contributed by atoms with van der Waals surface area (Å²) < 4.78 is 11.6. The van der Waals surface area contributed by atoms with Crippen LogP contribution in [0, 0.1) is 0 Å². The number of benzene rings is 2. The Kier molecular flexibility index (Phi) is 6.25. The standard InChI is InChI=1S/C26H28O4/c1-7-15(3)13-19-20(14-16(4)8-2)26(30-6)22-21(25(19)29-5)23(27)17-11-9-10-12-18(17)24(22)28/h9-12,14H,3,7-8,13H2,1-2,4-6H3/b16-14+. The quantitative estimate of drug-likeness (QED) is 0.467. The van der Waals surface area contributed by atoms with Crippen LogP contribution in [0.15, 0.2) is 42.0 Å². The third kappa shape index (κ3) is 3.47. The summed E-state index contributed by atoms with van der Waals surface area (Å²) in [5.41, 5.74) is 5.09. The van der Waals surface area contributed by atoms with Crippen LogP contribution < -0.4 is 9.47 Å². The molecular weight excluding hydrogens is 376 g/mol. The first-order valence-electron chi connectivity index (χ1n) is 10.2. The number of hydrogen-bond acceptors (Lipinski definition) is 4. The molecule has 0 amide bonds. The summed E-state index contributed by atoms with van der Waals surface area (Å²) >= 11 is 0. The minimum atomic E-state index is -0.222. The number of fused-ring (bicyclic) bond motifs is 2. The number of ketones is 2. The van der Waals surface area contributed by atoms with Gasteiger partial charge in [-0.3, -0.25) is 9.59 Å². The van der Waals surface area contributed by atoms with E-state index in [2.05, 4.69) is 13.5 Å². The van der Waals surface area contributed by atoms with Crippen LogP contribution in [0.4, 0.5) is 0 Å². The molecule has 0 saturated carbocycles. The molecule has 0 N–H and O–H groups in total. The van der Waals surface area contributed by atoms with Crippen LogP contribution in [0.3, 0.4) is 0 Å². The third-order valence-corrected chi connectivity index (χ3v) is 5.70. The molecule has 1 aliphatic rings. The summed E-state index contributed by atoms with van der Waals surface area (Å²) in [4.78, 5) is 26.9. The Bertz CT molecular complexity index is 1070. The summed E-state index contributed by atoms with van der Waals surface area (Å²) in [5.74, 6) is 0.412. The van der Waals surface area contributed by atoms with Crippen LogP contribution in [0.1, 0.15) is 76.6 Å². The van der Waals surface area contributed by atoms with Gasteiger partial charge in [-0.1, -0.05) is 61.9 Å². The van der Waals surface area contributed by atoms with Crippen molar-refractivity contribution < 1.29 is 19.1 Å². The van der Waals surface area contributed by atoms with E-state index >= 15 is 0 Å². The molecule has 0 atom stereocenters. The number of methoxy groups -OCH3 is 2. The van der Waals surface area contributed by atoms with Crippen LogP contribution >= 0.6 is 0 Å². The molecule has 0 aromatic heterocycles. The summed E-state index contributed by atoms with van der Waals surface area (Å²) in [6.45, 7) is 10.3. The highest BCUT2D eigenvalue weighted by atomic mass is 16.5. The van der Waals surface area contributed by atoms with E-state index in [4.69, 9.17) is 9.47 Å². The minimum Gasteiger partial charge on any atom is -0.496 e. The summed E-state index contributed by atoms with van der Waals surface area (Å²) in [6, 6.07) is 6.90. The molecule has 0 spiro atoms. The SMILES string of the molecule is C=C(CC)Cc1c(/C=C(\C)CC)c(OC)c2c(c1OC)C(=O)c1ccccc1C2=O. The van der Waals surface area contributed by atoms with Crippen LogP contribution in [0.2, 0.25) is 0 Å². The van der Waals surface area contributed by atoms with Crippen LogP contribution in [0.5, 0.6) is 11.5 Å². The number of allylic oxidation sites excluding steroid dienone is 2. The maximum Gasteiger partial charge on any atom is 0.198 e. The Hall–Kier alpha value is -3.14. The lowest BCUT2D eigenvalue weighted by atomic mass is 9.79. The fraction of sp³-hybridized carbons (Fsp3) is 0.308. The lowest BCUT2D eigenvalue weighted by molar-refractivity contribution is 0.0973. The van der Waals surface area contributed by atoms with E-state index in [9.17, 15) is 9.59 Å². The molecule has 0 heterocycles. The fourth-order valence-electron chi connectivity index (χ4n) is 3.84. The first-order valence-corrected chi connectivity index (χ1v) is 10.2. The van der Waals surface area contributed by atoms with Gasteiger partial charge in [-0.2, -0.15) is 0 Å². The van der Waals surface area contributed by atoms with Gasteiger partial charge in [-0.15, -0.1) is 0 Å². The molecule has 1 aliphatic carbocycles. The molecule has 2 aromatic carbocycles. The molecule has 0 saturated heterocycles. The Labute approximate surface area is 178 Å². The first kappa shape index (κ1) is 21.6. The summed E-state index contributed by atoms with van der Waals surface area (Å²) in [5, 5.41) is 0. The highest BCUT2D eigenvalue weighted by molar-refractivity contribution is 6.30. The van der Waals surface area contributed by atoms with Gasteiger partial charge in [0, 0.05) is 22.3 Å². The van der Waals surface area contributed by atoms with Gasteiger partial charge in [-0.05, 0) is 26.2 Å². The maximum atomic E-state index is 13.5. The van der Waals surface area contributed by atoms with Gasteiger partial charge >= 0.3 is 0 Å². The van der Waals surface area contributed by atoms with Crippen molar-refractivity contribution in [3.63, 3.8) is 0 Å². The summed E-state index contributed by atoms with van der Waals surface area (Å²) in [7, 11) is 3.08. The van der Waals surface area contributed by atoms with E-state index in [-0.39, 0.29) is 22.7 Å². The lowest BCUT2D eigenvalue weighted by Crippen LogP contribution is -2.24. The van der Waals surface area contributed by atoms with E-state index in [1.807, 2.05) is 19.9 Å². The number of carbonyl (C=O) groups is 2. The predicted molar refractivity (Wildman–Crippen MR) is 120 cm³/mol. The van der Waals surface area contributed by atoms with Crippen molar-refractivity contribution in [1.29, 1.82) is 0 Å². The third-order valence-electron chi connectivity index (χ3n) is 5.70. The Morgan fingerprint density at radius 2 is 1.47 bits per heavy atom. The van der Waals surface area contributed by atoms with Crippen molar-refractivity contribution in [2.45, 2.75) is 40.0 Å². The molecule has 0 fully saturated rings. The smallest absolute Gasteiger partial charge is 0.198 e. The monoisotopic (exact) mass is 404 g/mol. The number of hydrogen-bond donors (Lipinski definition) is 0. The predicted octanol–water partition coefficient (Wildman–Crippen LogP) is 5.80. The molecular formula is C26H28O4. The normalized spacial score (nSPS) is 13.0. The zero-order valence-electron chi connectivity index (χ0n) is 18.3. The Morgan fingerprint density at radius 3 is 1.93 bits per heavy atom. The van der Waals surface area contributed by atoms with E-state index in [0.717, 1.165) is 35.1 Å². The number of rotatable bonds is 7. The fourth-order valence-corrected chi connectivity index (χ4v) is 3.84. The van der Waals surface area contributed by atoms with E-state index in [1.54, 1.807) is 31.4 Å². The zero-order chi connectivity index (χ0) is 22.0. The summed E-state index contributed by atoms with van der Waals surface area (Å²) in [6.07, 6.45) is 4.22. The van der Waals surface area contributed by atoms with Crippen molar-refractivity contribution >= 4 is 17.6 Å².